The van der Waals surface area contributed by atoms with Crippen LogP contribution in [0.3, 0.4) is 0 Å². The molecule has 1 aliphatic rings. The average Bonchev–Trinajstić information content (AvgIpc) is 1.21. The van der Waals surface area contributed by atoms with Crippen molar-refractivity contribution in [2.45, 2.75) is 33.2 Å². The molecule has 0 spiro atoms. The van der Waals surface area contributed by atoms with E-state index in [4.69, 9.17) is 0 Å². The van der Waals surface area contributed by atoms with Crippen LogP contribution in [-0.2, 0) is 11.3 Å². The minimum absolute atomic E-state index is 0.0209. The summed E-state index contributed by atoms with van der Waals surface area (Å²) in [5, 5.41) is 17.1. The lowest BCUT2D eigenvalue weighted by molar-refractivity contribution is -0.117. The monoisotopic (exact) mass is 1560 g/mol. The third-order valence-corrected chi connectivity index (χ3v) is 17.0. The Balaban J connectivity index is 0.000000134. The molecular formula is C82H66F2N22O10. The Morgan fingerprint density at radius 1 is 0.405 bits per heavy atom. The number of nitrogens with zero attached hydrogens (tertiary/aromatic N) is 12. The van der Waals surface area contributed by atoms with Crippen molar-refractivity contribution in [2.24, 2.45) is 5.92 Å². The largest absolute Gasteiger partial charge is 0.327 e. The van der Waals surface area contributed by atoms with Gasteiger partial charge in [0.15, 0.2) is 5.82 Å². The molecule has 0 aliphatic heterocycles. The van der Waals surface area contributed by atoms with Gasteiger partial charge in [-0.05, 0) is 182 Å². The summed E-state index contributed by atoms with van der Waals surface area (Å²) in [6.07, 6.45) is 35.1. The summed E-state index contributed by atoms with van der Waals surface area (Å²) in [4.78, 5) is 169. The maximum absolute atomic E-state index is 13.5. The Morgan fingerprint density at radius 2 is 0.784 bits per heavy atom. The highest BCUT2D eigenvalue weighted by Gasteiger charge is 2.30. The van der Waals surface area contributed by atoms with Gasteiger partial charge in [-0.2, -0.15) is 13.9 Å². The normalized spacial score (nSPS) is 11.0. The second kappa shape index (κ2) is 37.8. The summed E-state index contributed by atoms with van der Waals surface area (Å²) in [5.74, 6) is -3.38. The van der Waals surface area contributed by atoms with Crippen molar-refractivity contribution in [3.8, 4) is 61.5 Å². The maximum Gasteiger partial charge on any atom is 0.274 e. The van der Waals surface area contributed by atoms with Gasteiger partial charge in [-0.25, -0.2) is 19.9 Å². The zero-order chi connectivity index (χ0) is 81.5. The van der Waals surface area contributed by atoms with E-state index in [9.17, 15) is 56.7 Å². The summed E-state index contributed by atoms with van der Waals surface area (Å²) in [7, 11) is 0. The number of carbonyl (C=O) groups is 5. The Morgan fingerprint density at radius 3 is 1.16 bits per heavy atom. The molecule has 0 aromatic carbocycles. The van der Waals surface area contributed by atoms with E-state index in [1.807, 2.05) is 50.2 Å². The molecule has 16 rings (SSSR count). The van der Waals surface area contributed by atoms with Gasteiger partial charge >= 0.3 is 0 Å². The van der Waals surface area contributed by atoms with E-state index in [0.717, 1.165) is 69.1 Å². The summed E-state index contributed by atoms with van der Waals surface area (Å²) in [6.45, 7) is 4.30. The van der Waals surface area contributed by atoms with Crippen LogP contribution >= 0.6 is 0 Å². The quantitative estimate of drug-likeness (QED) is 0.0379. The van der Waals surface area contributed by atoms with Crippen LogP contribution in [0.2, 0.25) is 0 Å². The van der Waals surface area contributed by atoms with Crippen molar-refractivity contribution in [3.05, 3.63) is 355 Å². The number of amides is 5. The molecule has 5 amide bonds. The van der Waals surface area contributed by atoms with Crippen molar-refractivity contribution in [1.82, 2.24) is 84.1 Å². The molecule has 1 fully saturated rings. The van der Waals surface area contributed by atoms with Crippen LogP contribution in [0.1, 0.15) is 67.0 Å². The standard InChI is InChI=1S/C19H14N6O2.C17H17N5O2.2C16H11FN4O2.C14H13N3O2/c26-18(15-2-1-5-22-17(15)25-9-8-21-12-25)24-16-10-14(11-23-19(16)27)13-3-6-20-7-4-13;1-3-22-15(8-11(2)21-22)17(24)20-14-9-13(10-19-16(14)23)12-4-6-18-7-5-12;17-14-8-11(3-6-19-14)15(22)21-13-7-12(9-20-16(13)23)10-1-4-18-5-2-10;17-14-12(2-1-5-19-14)15(22)21-13-8-11(9-20-16(13)23)10-3-6-18-7-4-10;18-13(10-1-2-10)17-12-7-11(8-16-14(12)19)9-3-5-15-6-4-9/h1-12H,(H,23,27)(H,24,26);4-10H,3H2,1-2H3,(H,19,23)(H,20,24);2*1-9H,(H,20,23)(H,21,22);3-8,10H,1-2H2,(H,16,19)(H,17,18). The number of H-pyrrole nitrogens is 5. The molecule has 10 N–H and O–H groups in total. The van der Waals surface area contributed by atoms with Gasteiger partial charge in [0.05, 0.1) is 16.8 Å². The molecule has 0 saturated heterocycles. The predicted octanol–water partition coefficient (Wildman–Crippen LogP) is 10.7. The van der Waals surface area contributed by atoms with Crippen LogP contribution in [0.15, 0.2) is 288 Å². The molecule has 1 saturated carbocycles. The number of anilines is 5. The van der Waals surface area contributed by atoms with E-state index in [-0.39, 0.29) is 62.7 Å². The Hall–Kier alpha value is -16.4. The molecule has 116 heavy (non-hydrogen) atoms. The summed E-state index contributed by atoms with van der Waals surface area (Å²) < 4.78 is 29.8. The van der Waals surface area contributed by atoms with Crippen molar-refractivity contribution >= 4 is 58.0 Å². The van der Waals surface area contributed by atoms with Gasteiger partial charge in [0.2, 0.25) is 17.8 Å². The van der Waals surface area contributed by atoms with Crippen LogP contribution in [-0.4, -0.2) is 114 Å². The van der Waals surface area contributed by atoms with Gasteiger partial charge in [0.25, 0.3) is 51.4 Å². The van der Waals surface area contributed by atoms with Gasteiger partial charge < -0.3 is 51.5 Å². The van der Waals surface area contributed by atoms with Crippen LogP contribution in [0.5, 0.6) is 0 Å². The number of rotatable bonds is 17. The van der Waals surface area contributed by atoms with E-state index in [0.29, 0.717) is 40.4 Å². The number of halogens is 2. The smallest absolute Gasteiger partial charge is 0.274 e. The Labute approximate surface area is 654 Å². The fraction of sp³-hybridized carbons (Fsp3) is 0.0732. The summed E-state index contributed by atoms with van der Waals surface area (Å²) in [5.41, 5.74) is 8.23. The highest BCUT2D eigenvalue weighted by atomic mass is 19.1. The number of aryl methyl sites for hydroxylation is 2. The predicted molar refractivity (Wildman–Crippen MR) is 427 cm³/mol. The molecular weight excluding hydrogens is 1490 g/mol. The van der Waals surface area contributed by atoms with Crippen LogP contribution < -0.4 is 54.4 Å². The minimum Gasteiger partial charge on any atom is -0.327 e. The van der Waals surface area contributed by atoms with Gasteiger partial charge in [-0.3, -0.25) is 82.1 Å². The van der Waals surface area contributed by atoms with E-state index >= 15 is 0 Å². The van der Waals surface area contributed by atoms with Gasteiger partial charge in [-0.15, -0.1) is 0 Å². The van der Waals surface area contributed by atoms with Gasteiger partial charge in [0, 0.05) is 176 Å². The fourth-order valence-electron chi connectivity index (χ4n) is 11.0. The van der Waals surface area contributed by atoms with Crippen molar-refractivity contribution in [3.63, 3.8) is 0 Å². The first-order valence-corrected chi connectivity index (χ1v) is 35.2. The fourth-order valence-corrected chi connectivity index (χ4v) is 11.0. The summed E-state index contributed by atoms with van der Waals surface area (Å²) in [6, 6.07) is 36.2. The lowest BCUT2D eigenvalue weighted by Crippen LogP contribution is -2.22. The third kappa shape index (κ3) is 20.9. The van der Waals surface area contributed by atoms with Gasteiger partial charge in [-0.1, -0.05) is 0 Å². The number of carbonyl (C=O) groups excluding carboxylic acids is 5. The number of hydrogen-bond donors (Lipinski definition) is 10. The minimum atomic E-state index is -0.897. The molecule has 0 bridgehead atoms. The number of aromatic nitrogens is 17. The first-order valence-electron chi connectivity index (χ1n) is 35.2. The molecule has 15 aromatic heterocycles. The molecule has 0 atom stereocenters. The SMILES string of the molecule is CCn1nc(C)cc1C(=O)Nc1cc(-c2ccncc2)c[nH]c1=O.O=C(Nc1cc(-c2ccncc2)c[nH]c1=O)C1CC1.O=C(Nc1cc(-c2ccncc2)c[nH]c1=O)c1cccnc1-n1ccnc1.O=C(Nc1cc(-c2ccncc2)c[nH]c1=O)c1cccnc1F.O=C(Nc1cc(-c2ccncc2)c[nH]c1=O)c1ccnc(F)c1. The number of aromatic amines is 5. The van der Waals surface area contributed by atoms with Crippen LogP contribution in [0.4, 0.5) is 37.2 Å². The van der Waals surface area contributed by atoms with E-state index in [2.05, 4.69) is 101 Å². The van der Waals surface area contributed by atoms with Crippen LogP contribution in [0, 0.1) is 24.7 Å². The van der Waals surface area contributed by atoms with Crippen molar-refractivity contribution in [2.75, 3.05) is 26.6 Å². The molecule has 32 nitrogen and oxygen atoms in total. The lowest BCUT2D eigenvalue weighted by Gasteiger charge is -2.10. The zero-order valence-corrected chi connectivity index (χ0v) is 61.2. The molecule has 15 aromatic rings. The molecule has 578 valence electrons. The van der Waals surface area contributed by atoms with Crippen molar-refractivity contribution in [1.29, 1.82) is 0 Å². The number of imidazole rings is 1. The second-order valence-electron chi connectivity index (χ2n) is 25.0. The Kier molecular flexibility index (Phi) is 25.8. The van der Waals surface area contributed by atoms with Crippen molar-refractivity contribution < 1.29 is 32.8 Å². The van der Waals surface area contributed by atoms with Crippen LogP contribution in [0.25, 0.3) is 61.5 Å². The third-order valence-electron chi connectivity index (χ3n) is 17.0. The highest BCUT2D eigenvalue weighted by Crippen LogP contribution is 2.31. The first kappa shape index (κ1) is 79.1. The molecule has 15 heterocycles. The molecule has 1 aliphatic carbocycles. The van der Waals surface area contributed by atoms with E-state index in [1.165, 1.54) is 42.9 Å². The van der Waals surface area contributed by atoms with E-state index in [1.54, 1.807) is 188 Å². The number of pyridine rings is 13. The highest BCUT2D eigenvalue weighted by molar-refractivity contribution is 6.07. The maximum atomic E-state index is 13.5. The molecule has 0 radical (unpaired) electrons. The molecule has 0 unspecified atom stereocenters. The van der Waals surface area contributed by atoms with Gasteiger partial charge in [0.1, 0.15) is 40.5 Å². The lowest BCUT2D eigenvalue weighted by atomic mass is 10.1. The summed E-state index contributed by atoms with van der Waals surface area (Å²) >= 11 is 0. The number of nitrogens with one attached hydrogen (secondary N) is 10. The molecule has 34 heteroatoms. The first-order chi connectivity index (χ1) is 56.3. The second-order valence-corrected chi connectivity index (χ2v) is 25.0. The van der Waals surface area contributed by atoms with E-state index < -0.39 is 46.3 Å². The number of hydrogen-bond acceptors (Lipinski definition) is 20. The topological polar surface area (TPSA) is 449 Å². The zero-order valence-electron chi connectivity index (χ0n) is 61.2. The Bertz CT molecular complexity index is 6310. The average molecular weight is 1560 g/mol.